The molecule has 8 heteroatoms. The highest BCUT2D eigenvalue weighted by Gasteiger charge is 2.21. The number of aromatic nitrogens is 3. The first-order valence-corrected chi connectivity index (χ1v) is 10.4. The minimum Gasteiger partial charge on any atom is -0.352 e. The number of carbonyl (C=O) groups is 1. The van der Waals surface area contributed by atoms with E-state index in [0.29, 0.717) is 25.5 Å². The van der Waals surface area contributed by atoms with Crippen LogP contribution >= 0.6 is 0 Å². The van der Waals surface area contributed by atoms with Crippen molar-refractivity contribution in [2.75, 3.05) is 18.5 Å². The predicted molar refractivity (Wildman–Crippen MR) is 121 cm³/mol. The Morgan fingerprint density at radius 1 is 1.06 bits per heavy atom. The van der Waals surface area contributed by atoms with Gasteiger partial charge in [-0.1, -0.05) is 18.2 Å². The number of nitrogens with zero attached hydrogens (tertiary/aromatic N) is 5. The first-order chi connectivity index (χ1) is 15.1. The normalized spacial score (nSPS) is 14.2. The van der Waals surface area contributed by atoms with Crippen LogP contribution in [0.3, 0.4) is 0 Å². The van der Waals surface area contributed by atoms with Crippen molar-refractivity contribution < 1.29 is 4.79 Å². The molecule has 2 N–H and O–H groups in total. The molecule has 4 rings (SSSR count). The minimum absolute atomic E-state index is 0.207. The van der Waals surface area contributed by atoms with E-state index >= 15 is 0 Å². The zero-order valence-electron chi connectivity index (χ0n) is 17.9. The van der Waals surface area contributed by atoms with Gasteiger partial charge in [-0.3, -0.25) is 14.4 Å². The van der Waals surface area contributed by atoms with Crippen LogP contribution in [0.5, 0.6) is 0 Å². The molecule has 1 aliphatic rings. The fourth-order valence-corrected chi connectivity index (χ4v) is 3.59. The summed E-state index contributed by atoms with van der Waals surface area (Å²) in [6.07, 6.45) is 7.10. The van der Waals surface area contributed by atoms with E-state index in [0.717, 1.165) is 41.4 Å². The number of imidazole rings is 1. The summed E-state index contributed by atoms with van der Waals surface area (Å²) in [6.45, 7) is 4.02. The summed E-state index contributed by atoms with van der Waals surface area (Å²) in [5, 5.41) is 6.63. The van der Waals surface area contributed by atoms with Gasteiger partial charge in [0.25, 0.3) is 0 Å². The molecule has 0 bridgehead atoms. The Hall–Kier alpha value is -3.68. The lowest BCUT2D eigenvalue weighted by Gasteiger charge is -2.16. The molecule has 31 heavy (non-hydrogen) atoms. The Morgan fingerprint density at radius 2 is 1.81 bits per heavy atom. The van der Waals surface area contributed by atoms with Crippen molar-refractivity contribution in [1.29, 1.82) is 0 Å². The molecule has 3 heterocycles. The van der Waals surface area contributed by atoms with Gasteiger partial charge in [-0.25, -0.2) is 9.97 Å². The van der Waals surface area contributed by atoms with E-state index in [2.05, 4.69) is 25.6 Å². The van der Waals surface area contributed by atoms with Crippen molar-refractivity contribution in [2.45, 2.75) is 32.9 Å². The molecular weight excluding hydrogens is 390 g/mol. The van der Waals surface area contributed by atoms with Crippen molar-refractivity contribution in [1.82, 2.24) is 25.2 Å². The molecule has 0 spiro atoms. The van der Waals surface area contributed by atoms with E-state index in [1.807, 2.05) is 65.2 Å². The number of hydrogen-bond acceptors (Lipinski definition) is 4. The van der Waals surface area contributed by atoms with E-state index in [4.69, 9.17) is 0 Å². The van der Waals surface area contributed by atoms with Gasteiger partial charge in [-0.15, -0.1) is 0 Å². The second-order valence-corrected chi connectivity index (χ2v) is 7.46. The van der Waals surface area contributed by atoms with Crippen molar-refractivity contribution in [3.05, 3.63) is 71.9 Å². The summed E-state index contributed by atoms with van der Waals surface area (Å²) >= 11 is 0. The Bertz CT molecular complexity index is 1050. The lowest BCUT2D eigenvalue weighted by molar-refractivity contribution is -0.117. The Labute approximate surface area is 182 Å². The molecule has 0 aliphatic carbocycles. The third-order valence-corrected chi connectivity index (χ3v) is 5.35. The van der Waals surface area contributed by atoms with E-state index < -0.39 is 0 Å². The van der Waals surface area contributed by atoms with Crippen molar-refractivity contribution in [2.24, 2.45) is 4.99 Å². The molecule has 160 valence electrons. The Kier molecular flexibility index (Phi) is 6.26. The average molecular weight is 418 g/mol. The van der Waals surface area contributed by atoms with E-state index in [1.165, 1.54) is 0 Å². The summed E-state index contributed by atoms with van der Waals surface area (Å²) < 4.78 is 1.95. The zero-order valence-corrected chi connectivity index (χ0v) is 17.9. The highest BCUT2D eigenvalue weighted by Crippen LogP contribution is 2.21. The third-order valence-electron chi connectivity index (χ3n) is 5.35. The molecule has 1 amide bonds. The number of aryl methyl sites for hydroxylation is 1. The third kappa shape index (κ3) is 4.91. The maximum atomic E-state index is 11.9. The molecule has 0 atom stereocenters. The Balaban J connectivity index is 1.28. The summed E-state index contributed by atoms with van der Waals surface area (Å²) in [4.78, 5) is 26.8. The topological polar surface area (TPSA) is 87.4 Å². The van der Waals surface area contributed by atoms with Gasteiger partial charge in [0.1, 0.15) is 11.6 Å². The van der Waals surface area contributed by atoms with E-state index in [1.54, 1.807) is 13.2 Å². The smallest absolute Gasteiger partial charge is 0.227 e. The number of anilines is 1. The van der Waals surface area contributed by atoms with Gasteiger partial charge in [0.05, 0.1) is 0 Å². The molecule has 8 nitrogen and oxygen atoms in total. The van der Waals surface area contributed by atoms with Crippen LogP contribution in [-0.4, -0.2) is 40.0 Å². The van der Waals surface area contributed by atoms with Crippen LogP contribution in [0.15, 0.2) is 60.0 Å². The zero-order chi connectivity index (χ0) is 21.6. The largest absolute Gasteiger partial charge is 0.352 e. The van der Waals surface area contributed by atoms with Gasteiger partial charge < -0.3 is 15.5 Å². The van der Waals surface area contributed by atoms with Gasteiger partial charge >= 0.3 is 0 Å². The number of nitrogens with one attached hydrogen (secondary N) is 2. The number of aliphatic imine (C=N–C) groups is 1. The molecule has 1 saturated heterocycles. The van der Waals surface area contributed by atoms with Gasteiger partial charge in [0, 0.05) is 57.4 Å². The second-order valence-electron chi connectivity index (χ2n) is 7.46. The monoisotopic (exact) mass is 417 g/mol. The maximum absolute atomic E-state index is 11.9. The van der Waals surface area contributed by atoms with Gasteiger partial charge in [-0.2, -0.15) is 0 Å². The van der Waals surface area contributed by atoms with E-state index in [-0.39, 0.29) is 5.91 Å². The van der Waals surface area contributed by atoms with Crippen LogP contribution in [0, 0.1) is 6.92 Å². The first-order valence-electron chi connectivity index (χ1n) is 10.4. The van der Waals surface area contributed by atoms with Crippen LogP contribution in [0.25, 0.3) is 5.82 Å². The summed E-state index contributed by atoms with van der Waals surface area (Å²) in [7, 11) is 1.75. The summed E-state index contributed by atoms with van der Waals surface area (Å²) in [6, 6.07) is 12.1. The van der Waals surface area contributed by atoms with Gasteiger partial charge in [-0.05, 0) is 42.7 Å². The average Bonchev–Trinajstić information content (AvgIpc) is 3.42. The summed E-state index contributed by atoms with van der Waals surface area (Å²) in [5.41, 5.74) is 3.15. The molecule has 1 fully saturated rings. The maximum Gasteiger partial charge on any atom is 0.227 e. The lowest BCUT2D eigenvalue weighted by Crippen LogP contribution is -2.36. The number of amides is 1. The molecular formula is C23H27N7O. The molecule has 0 radical (unpaired) electrons. The van der Waals surface area contributed by atoms with Crippen molar-refractivity contribution >= 4 is 17.6 Å². The number of hydrogen-bond donors (Lipinski definition) is 2. The number of pyridine rings is 1. The van der Waals surface area contributed by atoms with Crippen molar-refractivity contribution in [3.63, 3.8) is 0 Å². The quantitative estimate of drug-likeness (QED) is 0.475. The lowest BCUT2D eigenvalue weighted by atomic mass is 10.2. The SMILES string of the molecule is CN=C(NCc1ccc(N2CCCC2=O)cc1)NCc1ccc(-n2ccnc2C)nc1. The first kappa shape index (κ1) is 20.6. The molecule has 3 aromatic rings. The van der Waals surface area contributed by atoms with Crippen LogP contribution < -0.4 is 15.5 Å². The molecule has 1 aliphatic heterocycles. The molecule has 1 aromatic carbocycles. The minimum atomic E-state index is 0.207. The highest BCUT2D eigenvalue weighted by molar-refractivity contribution is 5.95. The van der Waals surface area contributed by atoms with Crippen molar-refractivity contribution in [3.8, 4) is 5.82 Å². The molecule has 0 unspecified atom stereocenters. The number of carbonyl (C=O) groups excluding carboxylic acids is 1. The standard InChI is InChI=1S/C23H27N7O/c1-17-25-11-13-29(17)21-10-7-19(15-26-21)16-28-23(24-2)27-14-18-5-8-20(9-6-18)30-12-3-4-22(30)31/h5-11,13,15H,3-4,12,14,16H2,1-2H3,(H2,24,27,28). The van der Waals surface area contributed by atoms with Crippen LogP contribution in [0.4, 0.5) is 5.69 Å². The fourth-order valence-electron chi connectivity index (χ4n) is 3.59. The van der Waals surface area contributed by atoms with Gasteiger partial charge in [0.15, 0.2) is 5.96 Å². The Morgan fingerprint density at radius 3 is 2.39 bits per heavy atom. The van der Waals surface area contributed by atoms with Crippen LogP contribution in [-0.2, 0) is 17.9 Å². The molecule has 2 aromatic heterocycles. The van der Waals surface area contributed by atoms with E-state index in [9.17, 15) is 4.79 Å². The predicted octanol–water partition coefficient (Wildman–Crippen LogP) is 2.57. The highest BCUT2D eigenvalue weighted by atomic mass is 16.2. The van der Waals surface area contributed by atoms with Gasteiger partial charge in [0.2, 0.25) is 5.91 Å². The number of rotatable bonds is 6. The molecule has 0 saturated carbocycles. The fraction of sp³-hybridized carbons (Fsp3) is 0.304. The number of benzene rings is 1. The van der Waals surface area contributed by atoms with Crippen LogP contribution in [0.2, 0.25) is 0 Å². The summed E-state index contributed by atoms with van der Waals surface area (Å²) in [5.74, 6) is 2.68. The second kappa shape index (κ2) is 9.42. The number of guanidine groups is 1. The van der Waals surface area contributed by atoms with Crippen LogP contribution in [0.1, 0.15) is 29.8 Å².